The molecule has 0 bridgehead atoms. The lowest BCUT2D eigenvalue weighted by Crippen LogP contribution is -2.24. The molecule has 0 aromatic rings. The van der Waals surface area contributed by atoms with E-state index in [4.69, 9.17) is 0 Å². The van der Waals surface area contributed by atoms with Crippen molar-refractivity contribution in [1.29, 1.82) is 0 Å². The molecule has 0 aliphatic rings. The van der Waals surface area contributed by atoms with E-state index < -0.39 is 9.71 Å². The molecule has 2 nitrogen and oxygen atoms in total. The lowest BCUT2D eigenvalue weighted by atomic mass is 10.8. The summed E-state index contributed by atoms with van der Waals surface area (Å²) in [6.07, 6.45) is 1.64. The summed E-state index contributed by atoms with van der Waals surface area (Å²) in [5.41, 5.74) is 0. The third kappa shape index (κ3) is 2.33. The minimum atomic E-state index is -1.92. The molecule has 0 heterocycles. The SMILES string of the molecule is C=S(C)(=O)N(C)CC. The molecule has 0 amide bonds. The summed E-state index contributed by atoms with van der Waals surface area (Å²) in [6.45, 7) is 2.74. The fraction of sp³-hybridized carbons (Fsp3) is 0.800. The molecule has 0 radical (unpaired) electrons. The van der Waals surface area contributed by atoms with Crippen LogP contribution in [0.3, 0.4) is 0 Å². The van der Waals surface area contributed by atoms with Gasteiger partial charge in [0.25, 0.3) is 0 Å². The molecule has 0 saturated heterocycles. The van der Waals surface area contributed by atoms with Gasteiger partial charge in [-0.25, -0.2) is 4.31 Å². The van der Waals surface area contributed by atoms with Crippen LogP contribution in [0.2, 0.25) is 0 Å². The van der Waals surface area contributed by atoms with Crippen LogP contribution in [-0.4, -0.2) is 34.2 Å². The second kappa shape index (κ2) is 2.51. The molecule has 0 aromatic heterocycles. The Kier molecular flexibility index (Phi) is 2.50. The molecule has 0 spiro atoms. The van der Waals surface area contributed by atoms with E-state index in [1.807, 2.05) is 6.92 Å². The number of nitrogens with zero attached hydrogens (tertiary/aromatic N) is 1. The van der Waals surface area contributed by atoms with Crippen LogP contribution in [0.1, 0.15) is 6.92 Å². The number of rotatable bonds is 2. The molecular formula is C5H13NOS. The van der Waals surface area contributed by atoms with Crippen molar-refractivity contribution in [2.24, 2.45) is 0 Å². The second-order valence-electron chi connectivity index (χ2n) is 1.90. The Morgan fingerprint density at radius 2 is 2.12 bits per heavy atom. The van der Waals surface area contributed by atoms with Crippen molar-refractivity contribution in [3.05, 3.63) is 0 Å². The molecule has 0 saturated carbocycles. The van der Waals surface area contributed by atoms with E-state index in [0.717, 1.165) is 6.54 Å². The largest absolute Gasteiger partial charge is 0.253 e. The van der Waals surface area contributed by atoms with E-state index >= 15 is 0 Å². The fourth-order valence-electron chi connectivity index (χ4n) is 0.273. The summed E-state index contributed by atoms with van der Waals surface area (Å²) in [4.78, 5) is 0. The Balaban J connectivity index is 4.04. The molecule has 0 N–H and O–H groups in total. The fourth-order valence-corrected chi connectivity index (χ4v) is 0.819. The van der Waals surface area contributed by atoms with Crippen LogP contribution < -0.4 is 0 Å². The van der Waals surface area contributed by atoms with Gasteiger partial charge in [0.2, 0.25) is 0 Å². The van der Waals surface area contributed by atoms with Crippen molar-refractivity contribution in [3.8, 4) is 0 Å². The van der Waals surface area contributed by atoms with Crippen molar-refractivity contribution in [2.45, 2.75) is 6.92 Å². The van der Waals surface area contributed by atoms with Gasteiger partial charge in [0.1, 0.15) is 0 Å². The Morgan fingerprint density at radius 3 is 2.12 bits per heavy atom. The van der Waals surface area contributed by atoms with Crippen LogP contribution >= 0.6 is 0 Å². The van der Waals surface area contributed by atoms with Gasteiger partial charge in [-0.3, -0.25) is 4.21 Å². The van der Waals surface area contributed by atoms with Gasteiger partial charge in [0.05, 0.1) is 0 Å². The Bertz CT molecular complexity index is 148. The highest BCUT2D eigenvalue weighted by Gasteiger charge is 1.98. The molecular weight excluding hydrogens is 122 g/mol. The van der Waals surface area contributed by atoms with E-state index in [-0.39, 0.29) is 0 Å². The van der Waals surface area contributed by atoms with E-state index in [1.165, 1.54) is 0 Å². The lowest BCUT2D eigenvalue weighted by molar-refractivity contribution is 0.549. The van der Waals surface area contributed by atoms with Crippen LogP contribution in [0, 0.1) is 0 Å². The first-order chi connectivity index (χ1) is 3.48. The zero-order valence-electron chi connectivity index (χ0n) is 5.68. The average Bonchev–Trinajstić information content (AvgIpc) is 1.62. The van der Waals surface area contributed by atoms with Crippen molar-refractivity contribution >= 4 is 15.6 Å². The normalized spacial score (nSPS) is 18.5. The Labute approximate surface area is 51.6 Å². The molecule has 1 atom stereocenters. The van der Waals surface area contributed by atoms with Crippen LogP contribution in [0.25, 0.3) is 0 Å². The highest BCUT2D eigenvalue weighted by molar-refractivity contribution is 7.97. The average molecular weight is 135 g/mol. The first kappa shape index (κ1) is 7.98. The topological polar surface area (TPSA) is 20.3 Å². The lowest BCUT2D eigenvalue weighted by Gasteiger charge is -2.14. The second-order valence-corrected chi connectivity index (χ2v) is 4.45. The Morgan fingerprint density at radius 1 is 1.75 bits per heavy atom. The van der Waals surface area contributed by atoms with Crippen LogP contribution in [0.4, 0.5) is 0 Å². The molecule has 0 fully saturated rings. The highest BCUT2D eigenvalue weighted by atomic mass is 32.2. The van der Waals surface area contributed by atoms with Crippen LogP contribution in [0.5, 0.6) is 0 Å². The molecule has 0 aliphatic carbocycles. The van der Waals surface area contributed by atoms with Crippen LogP contribution in [0.15, 0.2) is 0 Å². The monoisotopic (exact) mass is 135 g/mol. The maximum Gasteiger partial charge on any atom is 0.0242 e. The van der Waals surface area contributed by atoms with Gasteiger partial charge in [-0.2, -0.15) is 0 Å². The van der Waals surface area contributed by atoms with Crippen molar-refractivity contribution in [3.63, 3.8) is 0 Å². The molecule has 8 heavy (non-hydrogen) atoms. The molecule has 0 rings (SSSR count). The third-order valence-electron chi connectivity index (χ3n) is 1.10. The van der Waals surface area contributed by atoms with E-state index in [2.05, 4.69) is 5.87 Å². The van der Waals surface area contributed by atoms with Gasteiger partial charge in [-0.15, -0.1) is 0 Å². The van der Waals surface area contributed by atoms with Crippen LogP contribution in [-0.2, 0) is 9.71 Å². The predicted octanol–water partition coefficient (Wildman–Crippen LogP) is 0.199. The van der Waals surface area contributed by atoms with Crippen molar-refractivity contribution in [1.82, 2.24) is 4.31 Å². The highest BCUT2D eigenvalue weighted by Crippen LogP contribution is 1.88. The number of hydrogen-bond acceptors (Lipinski definition) is 1. The van der Waals surface area contributed by atoms with Gasteiger partial charge in [0, 0.05) is 22.5 Å². The van der Waals surface area contributed by atoms with Gasteiger partial charge in [-0.1, -0.05) is 6.92 Å². The molecule has 1 unspecified atom stereocenters. The van der Waals surface area contributed by atoms with Gasteiger partial charge < -0.3 is 0 Å². The zero-order valence-corrected chi connectivity index (χ0v) is 6.49. The molecule has 3 heteroatoms. The minimum Gasteiger partial charge on any atom is -0.253 e. The zero-order chi connectivity index (χ0) is 6.78. The third-order valence-corrected chi connectivity index (χ3v) is 2.68. The summed E-state index contributed by atoms with van der Waals surface area (Å²) in [5, 5.41) is 0. The molecule has 0 aromatic carbocycles. The summed E-state index contributed by atoms with van der Waals surface area (Å²) >= 11 is 0. The van der Waals surface area contributed by atoms with E-state index in [0.29, 0.717) is 0 Å². The first-order valence-electron chi connectivity index (χ1n) is 2.52. The van der Waals surface area contributed by atoms with Gasteiger partial charge in [-0.05, 0) is 12.9 Å². The van der Waals surface area contributed by atoms with Crippen molar-refractivity contribution in [2.75, 3.05) is 19.8 Å². The maximum absolute atomic E-state index is 10.9. The standard InChI is InChI=1S/C5H13NOS/c1-5-6(2)8(3,4)7/h3,5H2,1-2,4H3. The first-order valence-corrected chi connectivity index (χ1v) is 4.61. The van der Waals surface area contributed by atoms with E-state index in [1.54, 1.807) is 17.6 Å². The number of hydrogen-bond donors (Lipinski definition) is 0. The minimum absolute atomic E-state index is 0.791. The maximum atomic E-state index is 10.9. The molecule has 50 valence electrons. The van der Waals surface area contributed by atoms with E-state index in [9.17, 15) is 4.21 Å². The summed E-state index contributed by atoms with van der Waals surface area (Å²) in [7, 11) is -0.119. The Hall–Kier alpha value is -0.0200. The quantitative estimate of drug-likeness (QED) is 0.495. The summed E-state index contributed by atoms with van der Waals surface area (Å²) in [6, 6.07) is 0. The summed E-state index contributed by atoms with van der Waals surface area (Å²) < 4.78 is 12.7. The predicted molar refractivity (Wildman–Crippen MR) is 39.5 cm³/mol. The van der Waals surface area contributed by atoms with Crippen molar-refractivity contribution < 1.29 is 4.21 Å². The smallest absolute Gasteiger partial charge is 0.0242 e. The summed E-state index contributed by atoms with van der Waals surface area (Å²) in [5.74, 6) is 3.49. The van der Waals surface area contributed by atoms with Gasteiger partial charge >= 0.3 is 0 Å². The van der Waals surface area contributed by atoms with Gasteiger partial charge in [0.15, 0.2) is 0 Å². The molecule has 0 aliphatic heterocycles.